The summed E-state index contributed by atoms with van der Waals surface area (Å²) < 4.78 is 38.3. The molecule has 3 nitrogen and oxygen atoms in total. The molecule has 0 fully saturated rings. The van der Waals surface area contributed by atoms with Gasteiger partial charge in [0.2, 0.25) is 0 Å². The molecule has 1 amide bonds. The monoisotopic (exact) mass is 245 g/mol. The molecule has 0 atom stereocenters. The predicted octanol–water partition coefficient (Wildman–Crippen LogP) is 2.14. The van der Waals surface area contributed by atoms with E-state index in [1.54, 1.807) is 0 Å². The molecular weight excluding hydrogens is 235 g/mol. The number of carbonyl (C=O) groups excluding carboxylic acids is 1. The van der Waals surface area contributed by atoms with Crippen molar-refractivity contribution < 1.29 is 22.8 Å². The molecule has 0 saturated heterocycles. The summed E-state index contributed by atoms with van der Waals surface area (Å²) in [5.74, 6) is -4.67. The van der Waals surface area contributed by atoms with Crippen LogP contribution in [0.5, 0.6) is 0 Å². The molecule has 0 aliphatic heterocycles. The topological polar surface area (TPSA) is 29.5 Å². The highest BCUT2D eigenvalue weighted by Crippen LogP contribution is 2.14. The van der Waals surface area contributed by atoms with Crippen molar-refractivity contribution in [1.29, 1.82) is 0 Å². The lowest BCUT2D eigenvalue weighted by Gasteiger charge is -2.09. The van der Waals surface area contributed by atoms with E-state index in [2.05, 4.69) is 4.84 Å². The third-order valence-electron chi connectivity index (χ3n) is 2.01. The fourth-order valence-electron chi connectivity index (χ4n) is 1.03. The molecule has 0 saturated carbocycles. The van der Waals surface area contributed by atoms with Crippen LogP contribution in [0.4, 0.5) is 13.2 Å². The SMILES string of the molecule is CON(C)C(=O)/C=C/c1cc(F)c(F)c(F)c1. The third-order valence-corrected chi connectivity index (χ3v) is 2.01. The molecule has 92 valence electrons. The van der Waals surface area contributed by atoms with Gasteiger partial charge in [0.15, 0.2) is 17.5 Å². The molecule has 0 aromatic heterocycles. The summed E-state index contributed by atoms with van der Waals surface area (Å²) in [5.41, 5.74) is 0.0410. The van der Waals surface area contributed by atoms with Crippen molar-refractivity contribution in [2.24, 2.45) is 0 Å². The summed E-state index contributed by atoms with van der Waals surface area (Å²) in [7, 11) is 2.67. The van der Waals surface area contributed by atoms with Gasteiger partial charge in [0.25, 0.3) is 5.91 Å². The van der Waals surface area contributed by atoms with E-state index in [0.29, 0.717) is 0 Å². The maximum absolute atomic E-state index is 12.8. The number of hydrogen-bond acceptors (Lipinski definition) is 2. The standard InChI is InChI=1S/C11H10F3NO2/c1-15(17-2)10(16)4-3-7-5-8(12)11(14)9(13)6-7/h3-6H,1-2H3/b4-3+. The Morgan fingerprint density at radius 1 is 1.29 bits per heavy atom. The zero-order valence-electron chi connectivity index (χ0n) is 9.21. The van der Waals surface area contributed by atoms with E-state index in [9.17, 15) is 18.0 Å². The molecule has 17 heavy (non-hydrogen) atoms. The summed E-state index contributed by atoms with van der Waals surface area (Å²) in [6, 6.07) is 1.57. The van der Waals surface area contributed by atoms with Crippen LogP contribution in [0.15, 0.2) is 18.2 Å². The summed E-state index contributed by atoms with van der Waals surface area (Å²) in [5, 5.41) is 0.923. The molecule has 0 bridgehead atoms. The molecule has 6 heteroatoms. The van der Waals surface area contributed by atoms with Crippen molar-refractivity contribution >= 4 is 12.0 Å². The normalized spacial score (nSPS) is 10.9. The number of hydroxylamine groups is 2. The zero-order valence-corrected chi connectivity index (χ0v) is 9.21. The lowest BCUT2D eigenvalue weighted by atomic mass is 10.2. The van der Waals surface area contributed by atoms with Gasteiger partial charge in [0.05, 0.1) is 7.11 Å². The first-order chi connectivity index (χ1) is 7.95. The van der Waals surface area contributed by atoms with Gasteiger partial charge in [0.1, 0.15) is 0 Å². The number of hydrogen-bond donors (Lipinski definition) is 0. The molecule has 0 N–H and O–H groups in total. The van der Waals surface area contributed by atoms with Crippen LogP contribution in [0.3, 0.4) is 0 Å². The predicted molar refractivity (Wildman–Crippen MR) is 55.1 cm³/mol. The average Bonchev–Trinajstić information content (AvgIpc) is 2.31. The van der Waals surface area contributed by atoms with Gasteiger partial charge in [-0.05, 0) is 23.8 Å². The molecule has 1 aromatic rings. The van der Waals surface area contributed by atoms with Gasteiger partial charge in [-0.1, -0.05) is 0 Å². The minimum atomic E-state index is -1.54. The van der Waals surface area contributed by atoms with Crippen LogP contribution in [0.2, 0.25) is 0 Å². The number of benzene rings is 1. The Balaban J connectivity index is 2.89. The van der Waals surface area contributed by atoms with Crippen molar-refractivity contribution in [2.45, 2.75) is 0 Å². The number of nitrogens with zero attached hydrogens (tertiary/aromatic N) is 1. The van der Waals surface area contributed by atoms with E-state index in [1.165, 1.54) is 14.2 Å². The average molecular weight is 245 g/mol. The first-order valence-corrected chi connectivity index (χ1v) is 4.60. The van der Waals surface area contributed by atoms with E-state index < -0.39 is 23.4 Å². The Hall–Kier alpha value is -1.82. The van der Waals surface area contributed by atoms with Crippen molar-refractivity contribution in [3.8, 4) is 0 Å². The smallest absolute Gasteiger partial charge is 0.269 e. The highest BCUT2D eigenvalue weighted by Gasteiger charge is 2.09. The van der Waals surface area contributed by atoms with Crippen molar-refractivity contribution in [3.63, 3.8) is 0 Å². The van der Waals surface area contributed by atoms with Crippen LogP contribution in [-0.2, 0) is 9.63 Å². The summed E-state index contributed by atoms with van der Waals surface area (Å²) >= 11 is 0. The number of likely N-dealkylation sites (N-methyl/N-ethyl adjacent to an activating group) is 1. The quantitative estimate of drug-likeness (QED) is 0.464. The molecule has 1 aromatic carbocycles. The van der Waals surface area contributed by atoms with Gasteiger partial charge in [0, 0.05) is 13.1 Å². The fourth-order valence-corrected chi connectivity index (χ4v) is 1.03. The van der Waals surface area contributed by atoms with Crippen molar-refractivity contribution in [1.82, 2.24) is 5.06 Å². The van der Waals surface area contributed by atoms with E-state index in [1.807, 2.05) is 0 Å². The highest BCUT2D eigenvalue weighted by atomic mass is 19.2. The van der Waals surface area contributed by atoms with Crippen LogP contribution >= 0.6 is 0 Å². The molecule has 1 rings (SSSR count). The molecule has 0 aliphatic rings. The summed E-state index contributed by atoms with van der Waals surface area (Å²) in [6.45, 7) is 0. The van der Waals surface area contributed by atoms with E-state index in [-0.39, 0.29) is 5.56 Å². The first-order valence-electron chi connectivity index (χ1n) is 4.60. The van der Waals surface area contributed by atoms with Crippen LogP contribution in [0.25, 0.3) is 6.08 Å². The van der Waals surface area contributed by atoms with Gasteiger partial charge >= 0.3 is 0 Å². The van der Waals surface area contributed by atoms with Crippen LogP contribution in [-0.4, -0.2) is 25.1 Å². The second-order valence-electron chi connectivity index (χ2n) is 3.15. The molecular formula is C11H10F3NO2. The van der Waals surface area contributed by atoms with Gasteiger partial charge in [-0.15, -0.1) is 0 Å². The van der Waals surface area contributed by atoms with Crippen LogP contribution in [0, 0.1) is 17.5 Å². The fraction of sp³-hybridized carbons (Fsp3) is 0.182. The number of carbonyl (C=O) groups is 1. The molecule has 0 spiro atoms. The summed E-state index contributed by atoms with van der Waals surface area (Å²) in [6.07, 6.45) is 2.21. The second-order valence-corrected chi connectivity index (χ2v) is 3.15. The van der Waals surface area contributed by atoms with Crippen LogP contribution in [0.1, 0.15) is 5.56 Å². The molecule has 0 radical (unpaired) electrons. The maximum atomic E-state index is 12.8. The maximum Gasteiger partial charge on any atom is 0.269 e. The van der Waals surface area contributed by atoms with Gasteiger partial charge in [-0.3, -0.25) is 9.63 Å². The first kappa shape index (κ1) is 13.2. The molecule has 0 unspecified atom stereocenters. The number of amides is 1. The minimum absolute atomic E-state index is 0.0410. The Morgan fingerprint density at radius 2 is 1.82 bits per heavy atom. The Bertz CT molecular complexity index is 437. The molecule has 0 heterocycles. The van der Waals surface area contributed by atoms with Gasteiger partial charge in [-0.25, -0.2) is 18.2 Å². The zero-order chi connectivity index (χ0) is 13.0. The second kappa shape index (κ2) is 5.49. The lowest BCUT2D eigenvalue weighted by molar-refractivity contribution is -0.162. The Kier molecular flexibility index (Phi) is 4.28. The highest BCUT2D eigenvalue weighted by molar-refractivity contribution is 5.90. The number of rotatable bonds is 3. The Labute approximate surface area is 96.1 Å². The van der Waals surface area contributed by atoms with Gasteiger partial charge in [-0.2, -0.15) is 0 Å². The third kappa shape index (κ3) is 3.32. The van der Waals surface area contributed by atoms with Crippen molar-refractivity contribution in [2.75, 3.05) is 14.2 Å². The van der Waals surface area contributed by atoms with Crippen molar-refractivity contribution in [3.05, 3.63) is 41.2 Å². The lowest BCUT2D eigenvalue weighted by Crippen LogP contribution is -2.22. The molecule has 0 aliphatic carbocycles. The van der Waals surface area contributed by atoms with Gasteiger partial charge < -0.3 is 0 Å². The van der Waals surface area contributed by atoms with E-state index in [4.69, 9.17) is 0 Å². The largest absolute Gasteiger partial charge is 0.274 e. The number of halogens is 3. The van der Waals surface area contributed by atoms with E-state index >= 15 is 0 Å². The minimum Gasteiger partial charge on any atom is -0.274 e. The Morgan fingerprint density at radius 3 is 2.29 bits per heavy atom. The summed E-state index contributed by atoms with van der Waals surface area (Å²) in [4.78, 5) is 15.8. The van der Waals surface area contributed by atoms with E-state index in [0.717, 1.165) is 29.3 Å². The van der Waals surface area contributed by atoms with Crippen LogP contribution < -0.4 is 0 Å².